The number of aryl methyl sites for hydroxylation is 2. The molecule has 1 atom stereocenters. The normalized spacial score (nSPS) is 18.2. The molecule has 1 saturated heterocycles. The van der Waals surface area contributed by atoms with E-state index in [9.17, 15) is 0 Å². The second-order valence-corrected chi connectivity index (χ2v) is 7.25. The number of aromatic nitrogens is 4. The van der Waals surface area contributed by atoms with Gasteiger partial charge in [-0.2, -0.15) is 9.61 Å². The lowest BCUT2D eigenvalue weighted by atomic mass is 10.1. The predicted molar refractivity (Wildman–Crippen MR) is 105 cm³/mol. The summed E-state index contributed by atoms with van der Waals surface area (Å²) in [5.74, 6) is 1.79. The van der Waals surface area contributed by atoms with Crippen LogP contribution in [0.5, 0.6) is 5.88 Å². The van der Waals surface area contributed by atoms with E-state index in [0.29, 0.717) is 11.9 Å². The van der Waals surface area contributed by atoms with Gasteiger partial charge in [-0.25, -0.2) is 9.97 Å². The van der Waals surface area contributed by atoms with E-state index in [2.05, 4.69) is 43.9 Å². The summed E-state index contributed by atoms with van der Waals surface area (Å²) in [6.07, 6.45) is 0. The first kappa shape index (κ1) is 17.7. The van der Waals surface area contributed by atoms with Gasteiger partial charge in [0.05, 0.1) is 18.5 Å². The molecule has 0 bridgehead atoms. The van der Waals surface area contributed by atoms with Gasteiger partial charge in [-0.05, 0) is 26.8 Å². The van der Waals surface area contributed by atoms with Crippen LogP contribution in [-0.4, -0.2) is 57.3 Å². The number of methoxy groups -OCH3 is 1. The zero-order valence-electron chi connectivity index (χ0n) is 16.4. The Hall–Kier alpha value is -2.67. The highest BCUT2D eigenvalue weighted by molar-refractivity contribution is 5.52. The Morgan fingerprint density at radius 2 is 1.96 bits per heavy atom. The van der Waals surface area contributed by atoms with Gasteiger partial charge < -0.3 is 9.64 Å². The van der Waals surface area contributed by atoms with Gasteiger partial charge in [-0.3, -0.25) is 4.90 Å². The quantitative estimate of drug-likeness (QED) is 0.707. The smallest absolute Gasteiger partial charge is 0.213 e. The lowest BCUT2D eigenvalue weighted by Gasteiger charge is -2.40. The molecule has 1 aliphatic heterocycles. The summed E-state index contributed by atoms with van der Waals surface area (Å²) in [7, 11) is 1.65. The molecule has 0 aromatic carbocycles. The lowest BCUT2D eigenvalue weighted by molar-refractivity contribution is 0.177. The molecule has 0 radical (unpaired) electrons. The summed E-state index contributed by atoms with van der Waals surface area (Å²) in [4.78, 5) is 14.0. The van der Waals surface area contributed by atoms with Gasteiger partial charge in [0.1, 0.15) is 5.82 Å². The minimum atomic E-state index is 0.409. The average Bonchev–Trinajstić information content (AvgIpc) is 3.02. The van der Waals surface area contributed by atoms with Crippen LogP contribution in [-0.2, 0) is 6.54 Å². The van der Waals surface area contributed by atoms with Crippen molar-refractivity contribution in [3.8, 4) is 5.88 Å². The Labute approximate surface area is 159 Å². The van der Waals surface area contributed by atoms with Crippen LogP contribution in [0, 0.1) is 13.8 Å². The third-order valence-electron chi connectivity index (χ3n) is 5.10. The van der Waals surface area contributed by atoms with Gasteiger partial charge in [0.2, 0.25) is 5.88 Å². The van der Waals surface area contributed by atoms with Crippen molar-refractivity contribution in [3.05, 3.63) is 47.4 Å². The third kappa shape index (κ3) is 3.60. The van der Waals surface area contributed by atoms with Crippen LogP contribution < -0.4 is 9.64 Å². The zero-order chi connectivity index (χ0) is 19.0. The summed E-state index contributed by atoms with van der Waals surface area (Å²) in [6, 6.07) is 10.5. The number of piperazine rings is 1. The first-order chi connectivity index (χ1) is 13.0. The van der Waals surface area contributed by atoms with Crippen LogP contribution in [0.2, 0.25) is 0 Å². The van der Waals surface area contributed by atoms with E-state index in [1.165, 1.54) is 0 Å². The lowest BCUT2D eigenvalue weighted by Crippen LogP contribution is -2.52. The molecule has 142 valence electrons. The van der Waals surface area contributed by atoms with Gasteiger partial charge in [0, 0.05) is 56.1 Å². The number of anilines is 1. The number of ether oxygens (including phenoxy) is 1. The van der Waals surface area contributed by atoms with E-state index in [0.717, 1.165) is 54.7 Å². The van der Waals surface area contributed by atoms with Crippen molar-refractivity contribution in [3.63, 3.8) is 0 Å². The van der Waals surface area contributed by atoms with Crippen LogP contribution in [0.25, 0.3) is 5.65 Å². The highest BCUT2D eigenvalue weighted by Crippen LogP contribution is 2.22. The molecule has 0 saturated carbocycles. The predicted octanol–water partition coefficient (Wildman–Crippen LogP) is 2.46. The van der Waals surface area contributed by atoms with E-state index in [-0.39, 0.29) is 0 Å². The molecule has 3 aromatic heterocycles. The number of pyridine rings is 1. The van der Waals surface area contributed by atoms with Crippen molar-refractivity contribution < 1.29 is 4.74 Å². The Bertz CT molecular complexity index is 953. The summed E-state index contributed by atoms with van der Waals surface area (Å²) < 4.78 is 7.21. The average molecular weight is 366 g/mol. The SMILES string of the molecule is COc1cccc(CN2CCN(c3cc(C)nc4cc(C)nn34)CC2C)n1. The highest BCUT2D eigenvalue weighted by Gasteiger charge is 2.26. The van der Waals surface area contributed by atoms with Crippen molar-refractivity contribution in [2.75, 3.05) is 31.6 Å². The van der Waals surface area contributed by atoms with E-state index >= 15 is 0 Å². The number of fused-ring (bicyclic) bond motifs is 1. The molecule has 0 aliphatic carbocycles. The van der Waals surface area contributed by atoms with Crippen LogP contribution in [0.4, 0.5) is 5.82 Å². The van der Waals surface area contributed by atoms with Crippen LogP contribution >= 0.6 is 0 Å². The van der Waals surface area contributed by atoms with Crippen LogP contribution in [0.1, 0.15) is 24.0 Å². The van der Waals surface area contributed by atoms with E-state index in [4.69, 9.17) is 4.74 Å². The first-order valence-corrected chi connectivity index (χ1v) is 9.36. The van der Waals surface area contributed by atoms with Crippen LogP contribution in [0.15, 0.2) is 30.3 Å². The molecular formula is C20H26N6O. The molecular weight excluding hydrogens is 340 g/mol. The minimum absolute atomic E-state index is 0.409. The fraction of sp³-hybridized carbons (Fsp3) is 0.450. The number of nitrogens with zero attached hydrogens (tertiary/aromatic N) is 6. The maximum Gasteiger partial charge on any atom is 0.213 e. The summed E-state index contributed by atoms with van der Waals surface area (Å²) in [6.45, 7) is 10.0. The largest absolute Gasteiger partial charge is 0.481 e. The minimum Gasteiger partial charge on any atom is -0.481 e. The standard InChI is InChI=1S/C20H26N6O/c1-14-11-20(26-18(21-14)10-15(2)23-26)25-9-8-24(16(3)12-25)13-17-6-5-7-19(22-17)27-4/h5-7,10-11,16H,8-9,12-13H2,1-4H3. The zero-order valence-corrected chi connectivity index (χ0v) is 16.4. The number of rotatable bonds is 4. The van der Waals surface area contributed by atoms with E-state index < -0.39 is 0 Å². The maximum atomic E-state index is 5.25. The number of hydrogen-bond acceptors (Lipinski definition) is 6. The van der Waals surface area contributed by atoms with E-state index in [1.54, 1.807) is 7.11 Å². The summed E-state index contributed by atoms with van der Waals surface area (Å²) in [5.41, 5.74) is 3.97. The van der Waals surface area contributed by atoms with Gasteiger partial charge >= 0.3 is 0 Å². The fourth-order valence-electron chi connectivity index (χ4n) is 3.73. The first-order valence-electron chi connectivity index (χ1n) is 9.36. The molecule has 0 N–H and O–H groups in total. The summed E-state index contributed by atoms with van der Waals surface area (Å²) in [5, 5.41) is 4.64. The molecule has 1 fully saturated rings. The molecule has 7 nitrogen and oxygen atoms in total. The molecule has 27 heavy (non-hydrogen) atoms. The fourth-order valence-corrected chi connectivity index (χ4v) is 3.73. The van der Waals surface area contributed by atoms with Crippen molar-refractivity contribution in [1.29, 1.82) is 0 Å². The second kappa shape index (κ2) is 7.15. The highest BCUT2D eigenvalue weighted by atomic mass is 16.5. The van der Waals surface area contributed by atoms with Crippen molar-refractivity contribution in [2.24, 2.45) is 0 Å². The molecule has 7 heteroatoms. The van der Waals surface area contributed by atoms with E-state index in [1.807, 2.05) is 36.6 Å². The monoisotopic (exact) mass is 366 g/mol. The molecule has 4 heterocycles. The van der Waals surface area contributed by atoms with Gasteiger partial charge in [-0.15, -0.1) is 0 Å². The third-order valence-corrected chi connectivity index (χ3v) is 5.10. The molecule has 0 spiro atoms. The Morgan fingerprint density at radius 3 is 2.74 bits per heavy atom. The Balaban J connectivity index is 1.52. The van der Waals surface area contributed by atoms with Gasteiger partial charge in [0.25, 0.3) is 0 Å². The van der Waals surface area contributed by atoms with Gasteiger partial charge in [0.15, 0.2) is 5.65 Å². The molecule has 3 aromatic rings. The molecule has 1 unspecified atom stereocenters. The second-order valence-electron chi connectivity index (χ2n) is 7.25. The Morgan fingerprint density at radius 1 is 1.11 bits per heavy atom. The van der Waals surface area contributed by atoms with Crippen molar-refractivity contribution in [2.45, 2.75) is 33.4 Å². The van der Waals surface area contributed by atoms with Crippen molar-refractivity contribution >= 4 is 11.5 Å². The number of hydrogen-bond donors (Lipinski definition) is 0. The maximum absolute atomic E-state index is 5.25. The molecule has 4 rings (SSSR count). The molecule has 0 amide bonds. The van der Waals surface area contributed by atoms with Crippen molar-refractivity contribution in [1.82, 2.24) is 24.5 Å². The Kier molecular flexibility index (Phi) is 4.70. The molecule has 1 aliphatic rings. The summed E-state index contributed by atoms with van der Waals surface area (Å²) >= 11 is 0. The van der Waals surface area contributed by atoms with Gasteiger partial charge in [-0.1, -0.05) is 6.07 Å². The topological polar surface area (TPSA) is 58.8 Å². The van der Waals surface area contributed by atoms with Crippen LogP contribution in [0.3, 0.4) is 0 Å².